The first kappa shape index (κ1) is 10.6. The molecule has 0 bridgehead atoms. The number of hydrogen-bond donors (Lipinski definition) is 0. The summed E-state index contributed by atoms with van der Waals surface area (Å²) in [7, 11) is 0. The first-order chi connectivity index (χ1) is 6.59. The summed E-state index contributed by atoms with van der Waals surface area (Å²) in [6.07, 6.45) is 7.02. The lowest BCUT2D eigenvalue weighted by Crippen LogP contribution is -1.87. The van der Waals surface area contributed by atoms with Crippen LogP contribution in [-0.4, -0.2) is 4.98 Å². The summed E-state index contributed by atoms with van der Waals surface area (Å²) in [5, 5.41) is 0. The van der Waals surface area contributed by atoms with Gasteiger partial charge in [-0.15, -0.1) is 0 Å². The SMILES string of the molecule is CC(C)=C/C=C\c1ncc(F)cc1C. The Bertz CT molecular complexity index is 374. The Balaban J connectivity index is 2.87. The Kier molecular flexibility index (Phi) is 3.57. The summed E-state index contributed by atoms with van der Waals surface area (Å²) in [5.74, 6) is -0.290. The quantitative estimate of drug-likeness (QED) is 0.652. The summed E-state index contributed by atoms with van der Waals surface area (Å²) in [6, 6.07) is 1.48. The maximum Gasteiger partial charge on any atom is 0.141 e. The first-order valence-electron chi connectivity index (χ1n) is 4.53. The molecule has 14 heavy (non-hydrogen) atoms. The monoisotopic (exact) mass is 191 g/mol. The third-order valence-corrected chi connectivity index (χ3v) is 1.77. The van der Waals surface area contributed by atoms with E-state index in [-0.39, 0.29) is 5.82 Å². The predicted molar refractivity (Wildman–Crippen MR) is 57.4 cm³/mol. The zero-order valence-electron chi connectivity index (χ0n) is 8.71. The fourth-order valence-electron chi connectivity index (χ4n) is 1.06. The van der Waals surface area contributed by atoms with Crippen LogP contribution >= 0.6 is 0 Å². The molecule has 0 atom stereocenters. The Morgan fingerprint density at radius 3 is 2.71 bits per heavy atom. The molecule has 1 aromatic rings. The van der Waals surface area contributed by atoms with Gasteiger partial charge >= 0.3 is 0 Å². The standard InChI is InChI=1S/C12H14FN/c1-9(2)5-4-6-12-10(3)7-11(13)8-14-12/h4-8H,1-3H3/b6-4-. The minimum atomic E-state index is -0.290. The van der Waals surface area contributed by atoms with Crippen LogP contribution < -0.4 is 0 Å². The normalized spacial score (nSPS) is 10.6. The number of aromatic nitrogens is 1. The van der Waals surface area contributed by atoms with Crippen LogP contribution in [0, 0.1) is 12.7 Å². The predicted octanol–water partition coefficient (Wildman–Crippen LogP) is 3.51. The van der Waals surface area contributed by atoms with Crippen LogP contribution in [0.4, 0.5) is 4.39 Å². The van der Waals surface area contributed by atoms with Gasteiger partial charge in [-0.1, -0.05) is 17.7 Å². The van der Waals surface area contributed by atoms with E-state index in [0.717, 1.165) is 11.3 Å². The van der Waals surface area contributed by atoms with Crippen molar-refractivity contribution in [2.45, 2.75) is 20.8 Å². The maximum atomic E-state index is 12.7. The molecule has 0 aromatic carbocycles. The fourth-order valence-corrected chi connectivity index (χ4v) is 1.06. The third kappa shape index (κ3) is 3.13. The molecule has 0 unspecified atom stereocenters. The third-order valence-electron chi connectivity index (χ3n) is 1.77. The number of hydrogen-bond acceptors (Lipinski definition) is 1. The highest BCUT2D eigenvalue weighted by atomic mass is 19.1. The lowest BCUT2D eigenvalue weighted by Gasteiger charge is -1.97. The van der Waals surface area contributed by atoms with E-state index < -0.39 is 0 Å². The van der Waals surface area contributed by atoms with Gasteiger partial charge in [0.25, 0.3) is 0 Å². The zero-order valence-corrected chi connectivity index (χ0v) is 8.71. The minimum absolute atomic E-state index is 0.290. The highest BCUT2D eigenvalue weighted by Gasteiger charge is 1.96. The number of halogens is 1. The van der Waals surface area contributed by atoms with Crippen LogP contribution in [0.5, 0.6) is 0 Å². The molecule has 2 heteroatoms. The van der Waals surface area contributed by atoms with E-state index in [1.165, 1.54) is 17.8 Å². The molecule has 0 aliphatic carbocycles. The lowest BCUT2D eigenvalue weighted by atomic mass is 10.2. The molecule has 0 aliphatic heterocycles. The van der Waals surface area contributed by atoms with Gasteiger partial charge < -0.3 is 0 Å². The summed E-state index contributed by atoms with van der Waals surface area (Å²) in [5.41, 5.74) is 2.88. The van der Waals surface area contributed by atoms with Crippen molar-refractivity contribution >= 4 is 6.08 Å². The maximum absolute atomic E-state index is 12.7. The van der Waals surface area contributed by atoms with Crippen LogP contribution in [0.15, 0.2) is 30.0 Å². The van der Waals surface area contributed by atoms with E-state index in [2.05, 4.69) is 4.98 Å². The largest absolute Gasteiger partial charge is 0.254 e. The molecule has 0 N–H and O–H groups in total. The second kappa shape index (κ2) is 4.70. The van der Waals surface area contributed by atoms with Gasteiger partial charge in [-0.3, -0.25) is 4.98 Å². The number of nitrogens with zero attached hydrogens (tertiary/aromatic N) is 1. The summed E-state index contributed by atoms with van der Waals surface area (Å²) in [6.45, 7) is 5.89. The van der Waals surface area contributed by atoms with Gasteiger partial charge in [0.05, 0.1) is 11.9 Å². The average Bonchev–Trinajstić information content (AvgIpc) is 2.08. The Hall–Kier alpha value is -1.44. The van der Waals surface area contributed by atoms with Crippen molar-refractivity contribution in [3.63, 3.8) is 0 Å². The van der Waals surface area contributed by atoms with Gasteiger partial charge in [0.15, 0.2) is 0 Å². The van der Waals surface area contributed by atoms with Gasteiger partial charge in [0.2, 0.25) is 0 Å². The molecule has 0 saturated heterocycles. The van der Waals surface area contributed by atoms with Crippen LogP contribution in [0.2, 0.25) is 0 Å². The molecule has 0 saturated carbocycles. The van der Waals surface area contributed by atoms with E-state index in [0.29, 0.717) is 0 Å². The molecule has 0 aliphatic rings. The fraction of sp³-hybridized carbons (Fsp3) is 0.250. The van der Waals surface area contributed by atoms with E-state index in [1.807, 2.05) is 39.0 Å². The molecule has 0 spiro atoms. The number of allylic oxidation sites excluding steroid dienone is 3. The number of aryl methyl sites for hydroxylation is 1. The molecule has 0 amide bonds. The number of pyridine rings is 1. The topological polar surface area (TPSA) is 12.9 Å². The summed E-state index contributed by atoms with van der Waals surface area (Å²) < 4.78 is 12.7. The molecule has 1 aromatic heterocycles. The van der Waals surface area contributed by atoms with E-state index in [4.69, 9.17) is 0 Å². The van der Waals surface area contributed by atoms with Gasteiger partial charge in [-0.25, -0.2) is 4.39 Å². The van der Waals surface area contributed by atoms with E-state index in [9.17, 15) is 4.39 Å². The van der Waals surface area contributed by atoms with Crippen molar-refractivity contribution in [3.8, 4) is 0 Å². The highest BCUT2D eigenvalue weighted by Crippen LogP contribution is 2.08. The smallest absolute Gasteiger partial charge is 0.141 e. The van der Waals surface area contributed by atoms with E-state index >= 15 is 0 Å². The van der Waals surface area contributed by atoms with Crippen molar-refractivity contribution in [1.29, 1.82) is 0 Å². The van der Waals surface area contributed by atoms with Crippen LogP contribution in [0.1, 0.15) is 25.1 Å². The molecule has 0 radical (unpaired) electrons. The second-order valence-corrected chi connectivity index (χ2v) is 3.46. The van der Waals surface area contributed by atoms with Crippen LogP contribution in [0.25, 0.3) is 6.08 Å². The van der Waals surface area contributed by atoms with Gasteiger partial charge in [0, 0.05) is 0 Å². The van der Waals surface area contributed by atoms with Crippen LogP contribution in [-0.2, 0) is 0 Å². The average molecular weight is 191 g/mol. The molecule has 1 rings (SSSR count). The summed E-state index contributed by atoms with van der Waals surface area (Å²) >= 11 is 0. The zero-order chi connectivity index (χ0) is 10.6. The number of rotatable bonds is 2. The molecular weight excluding hydrogens is 177 g/mol. The van der Waals surface area contributed by atoms with Crippen molar-refractivity contribution in [3.05, 3.63) is 47.1 Å². The van der Waals surface area contributed by atoms with Gasteiger partial charge in [-0.05, 0) is 38.5 Å². The summed E-state index contributed by atoms with van der Waals surface area (Å²) in [4.78, 5) is 3.98. The van der Waals surface area contributed by atoms with Crippen molar-refractivity contribution in [2.75, 3.05) is 0 Å². The van der Waals surface area contributed by atoms with Crippen LogP contribution in [0.3, 0.4) is 0 Å². The molecule has 1 heterocycles. The second-order valence-electron chi connectivity index (χ2n) is 3.46. The Labute approximate surface area is 84.0 Å². The van der Waals surface area contributed by atoms with Gasteiger partial charge in [0.1, 0.15) is 5.82 Å². The van der Waals surface area contributed by atoms with Crippen molar-refractivity contribution in [1.82, 2.24) is 4.98 Å². The molecule has 74 valence electrons. The van der Waals surface area contributed by atoms with Crippen molar-refractivity contribution < 1.29 is 4.39 Å². The molecular formula is C12H14FN. The highest BCUT2D eigenvalue weighted by molar-refractivity contribution is 5.50. The molecule has 1 nitrogen and oxygen atoms in total. The Morgan fingerprint density at radius 2 is 2.14 bits per heavy atom. The Morgan fingerprint density at radius 1 is 1.43 bits per heavy atom. The first-order valence-corrected chi connectivity index (χ1v) is 4.53. The van der Waals surface area contributed by atoms with Gasteiger partial charge in [-0.2, -0.15) is 0 Å². The minimum Gasteiger partial charge on any atom is -0.254 e. The van der Waals surface area contributed by atoms with Crippen molar-refractivity contribution in [2.24, 2.45) is 0 Å². The molecule has 0 fully saturated rings. The lowest BCUT2D eigenvalue weighted by molar-refractivity contribution is 0.619. The van der Waals surface area contributed by atoms with E-state index in [1.54, 1.807) is 0 Å².